The Hall–Kier alpha value is -0.820. The van der Waals surface area contributed by atoms with E-state index in [1.807, 2.05) is 0 Å². The van der Waals surface area contributed by atoms with Crippen molar-refractivity contribution in [3.8, 4) is 0 Å². The highest BCUT2D eigenvalue weighted by molar-refractivity contribution is 5.27. The van der Waals surface area contributed by atoms with Gasteiger partial charge in [0.1, 0.15) is 0 Å². The van der Waals surface area contributed by atoms with Crippen LogP contribution >= 0.6 is 0 Å². The van der Waals surface area contributed by atoms with Gasteiger partial charge in [-0.3, -0.25) is 0 Å². The number of hydrogen-bond acceptors (Lipinski definition) is 1. The molecule has 0 spiro atoms. The van der Waals surface area contributed by atoms with Gasteiger partial charge in [0.15, 0.2) is 0 Å². The van der Waals surface area contributed by atoms with E-state index in [0.29, 0.717) is 11.8 Å². The predicted octanol–water partition coefficient (Wildman–Crippen LogP) is 3.64. The second kappa shape index (κ2) is 4.21. The van der Waals surface area contributed by atoms with Crippen molar-refractivity contribution in [3.63, 3.8) is 0 Å². The van der Waals surface area contributed by atoms with Crippen LogP contribution < -0.4 is 0 Å². The summed E-state index contributed by atoms with van der Waals surface area (Å²) in [6, 6.07) is 8.37. The predicted molar refractivity (Wildman–Crippen MR) is 67.3 cm³/mol. The first-order valence-electron chi connectivity index (χ1n) is 6.32. The van der Waals surface area contributed by atoms with Gasteiger partial charge >= 0.3 is 0 Å². The van der Waals surface area contributed by atoms with E-state index in [9.17, 15) is 5.11 Å². The fourth-order valence-electron chi connectivity index (χ4n) is 2.85. The van der Waals surface area contributed by atoms with E-state index in [4.69, 9.17) is 0 Å². The van der Waals surface area contributed by atoms with Crippen molar-refractivity contribution in [2.24, 2.45) is 11.8 Å². The number of rotatable bonds is 1. The Morgan fingerprint density at radius 2 is 1.75 bits per heavy atom. The van der Waals surface area contributed by atoms with Crippen molar-refractivity contribution in [2.75, 3.05) is 0 Å². The number of aliphatic hydroxyl groups is 1. The highest BCUT2D eigenvalue weighted by atomic mass is 16.3. The maximum Gasteiger partial charge on any atom is 0.0924 e. The number of hydrogen-bond donors (Lipinski definition) is 1. The van der Waals surface area contributed by atoms with Crippen molar-refractivity contribution in [1.82, 2.24) is 0 Å². The molecule has 1 N–H and O–H groups in total. The maximum atomic E-state index is 10.9. The Balaban J connectivity index is 2.32. The van der Waals surface area contributed by atoms with Crippen LogP contribution in [0.2, 0.25) is 0 Å². The molecule has 0 aliphatic heterocycles. The van der Waals surface area contributed by atoms with Crippen LogP contribution in [0.15, 0.2) is 24.3 Å². The summed E-state index contributed by atoms with van der Waals surface area (Å²) >= 11 is 0. The summed E-state index contributed by atoms with van der Waals surface area (Å²) in [5.41, 5.74) is 1.74. The summed E-state index contributed by atoms with van der Waals surface area (Å²) in [5.74, 6) is 0.994. The van der Waals surface area contributed by atoms with Crippen LogP contribution in [-0.2, 0) is 5.60 Å². The molecule has 0 saturated heterocycles. The average Bonchev–Trinajstić information content (AvgIpc) is 2.25. The molecular formula is C15H22O. The van der Waals surface area contributed by atoms with E-state index in [1.165, 1.54) is 12.0 Å². The third kappa shape index (κ3) is 2.01. The van der Waals surface area contributed by atoms with E-state index < -0.39 is 5.60 Å². The molecule has 1 heteroatoms. The van der Waals surface area contributed by atoms with Crippen LogP contribution in [0.1, 0.15) is 44.2 Å². The molecule has 1 aromatic rings. The van der Waals surface area contributed by atoms with Crippen LogP contribution in [0.4, 0.5) is 0 Å². The van der Waals surface area contributed by atoms with Gasteiger partial charge in [-0.15, -0.1) is 0 Å². The molecule has 0 heterocycles. The largest absolute Gasteiger partial charge is 0.385 e. The normalized spacial score (nSPS) is 35.0. The third-order valence-corrected chi connectivity index (χ3v) is 4.12. The fraction of sp³-hybridized carbons (Fsp3) is 0.600. The van der Waals surface area contributed by atoms with Crippen LogP contribution in [-0.4, -0.2) is 5.11 Å². The summed E-state index contributed by atoms with van der Waals surface area (Å²) in [7, 11) is 0. The van der Waals surface area contributed by atoms with Gasteiger partial charge in [-0.1, -0.05) is 50.1 Å². The van der Waals surface area contributed by atoms with Crippen molar-refractivity contribution in [3.05, 3.63) is 35.4 Å². The van der Waals surface area contributed by atoms with Crippen LogP contribution in [0.3, 0.4) is 0 Å². The van der Waals surface area contributed by atoms with Gasteiger partial charge in [0, 0.05) is 0 Å². The van der Waals surface area contributed by atoms with Crippen molar-refractivity contribution in [2.45, 2.75) is 45.6 Å². The molecule has 1 aromatic carbocycles. The smallest absolute Gasteiger partial charge is 0.0924 e. The standard InChI is InChI=1S/C15H22O/c1-11-5-8-14(9-6-11)15(16)10-12(2)4-7-13(15)3/h5-6,8-9,12-13,16H,4,7,10H2,1-3H3. The SMILES string of the molecule is Cc1ccc(C2(O)CC(C)CCC2C)cc1. The molecule has 3 unspecified atom stereocenters. The first kappa shape index (κ1) is 11.7. The molecule has 0 amide bonds. The second-order valence-electron chi connectivity index (χ2n) is 5.58. The van der Waals surface area contributed by atoms with Gasteiger partial charge < -0.3 is 5.11 Å². The quantitative estimate of drug-likeness (QED) is 0.763. The molecule has 16 heavy (non-hydrogen) atoms. The highest BCUT2D eigenvalue weighted by Gasteiger charge is 2.39. The Bertz CT molecular complexity index is 354. The highest BCUT2D eigenvalue weighted by Crippen LogP contribution is 2.43. The van der Waals surface area contributed by atoms with E-state index in [-0.39, 0.29) is 0 Å². The van der Waals surface area contributed by atoms with Gasteiger partial charge in [-0.25, -0.2) is 0 Å². The monoisotopic (exact) mass is 218 g/mol. The lowest BCUT2D eigenvalue weighted by atomic mass is 9.69. The molecule has 1 aliphatic carbocycles. The molecule has 0 aromatic heterocycles. The summed E-state index contributed by atoms with van der Waals surface area (Å²) < 4.78 is 0. The van der Waals surface area contributed by atoms with Gasteiger partial charge in [-0.05, 0) is 37.2 Å². The summed E-state index contributed by atoms with van der Waals surface area (Å²) in [4.78, 5) is 0. The zero-order chi connectivity index (χ0) is 11.8. The maximum absolute atomic E-state index is 10.9. The van der Waals surface area contributed by atoms with Gasteiger partial charge in [0.05, 0.1) is 5.60 Å². The van der Waals surface area contributed by atoms with Crippen molar-refractivity contribution in [1.29, 1.82) is 0 Å². The topological polar surface area (TPSA) is 20.2 Å². The fourth-order valence-corrected chi connectivity index (χ4v) is 2.85. The lowest BCUT2D eigenvalue weighted by molar-refractivity contribution is -0.0627. The zero-order valence-corrected chi connectivity index (χ0v) is 10.5. The second-order valence-corrected chi connectivity index (χ2v) is 5.58. The lowest BCUT2D eigenvalue weighted by Crippen LogP contribution is -2.39. The molecule has 0 bridgehead atoms. The van der Waals surface area contributed by atoms with E-state index in [0.717, 1.165) is 18.4 Å². The van der Waals surface area contributed by atoms with Crippen molar-refractivity contribution >= 4 is 0 Å². The Kier molecular flexibility index (Phi) is 3.07. The molecule has 1 nitrogen and oxygen atoms in total. The zero-order valence-electron chi connectivity index (χ0n) is 10.5. The molecule has 3 atom stereocenters. The van der Waals surface area contributed by atoms with Gasteiger partial charge in [-0.2, -0.15) is 0 Å². The summed E-state index contributed by atoms with van der Waals surface area (Å²) in [6.07, 6.45) is 3.28. The van der Waals surface area contributed by atoms with Gasteiger partial charge in [0.25, 0.3) is 0 Å². The lowest BCUT2D eigenvalue weighted by Gasteiger charge is -2.41. The van der Waals surface area contributed by atoms with Crippen LogP contribution in [0, 0.1) is 18.8 Å². The Labute approximate surface area is 98.5 Å². The van der Waals surface area contributed by atoms with Crippen LogP contribution in [0.5, 0.6) is 0 Å². The van der Waals surface area contributed by atoms with Crippen LogP contribution in [0.25, 0.3) is 0 Å². The van der Waals surface area contributed by atoms with Gasteiger partial charge in [0.2, 0.25) is 0 Å². The molecule has 2 rings (SSSR count). The minimum absolute atomic E-state index is 0.367. The first-order chi connectivity index (χ1) is 7.52. The van der Waals surface area contributed by atoms with Crippen molar-refractivity contribution < 1.29 is 5.11 Å². The molecule has 1 saturated carbocycles. The molecule has 0 radical (unpaired) electrons. The molecular weight excluding hydrogens is 196 g/mol. The summed E-state index contributed by atoms with van der Waals surface area (Å²) in [6.45, 7) is 6.50. The molecule has 1 fully saturated rings. The van der Waals surface area contributed by atoms with E-state index in [2.05, 4.69) is 45.0 Å². The summed E-state index contributed by atoms with van der Waals surface area (Å²) in [5, 5.41) is 10.9. The van der Waals surface area contributed by atoms with E-state index in [1.54, 1.807) is 0 Å². The first-order valence-corrected chi connectivity index (χ1v) is 6.32. The minimum atomic E-state index is -0.606. The Morgan fingerprint density at radius 3 is 2.38 bits per heavy atom. The Morgan fingerprint density at radius 1 is 1.12 bits per heavy atom. The number of aryl methyl sites for hydroxylation is 1. The number of benzene rings is 1. The average molecular weight is 218 g/mol. The molecule has 88 valence electrons. The van der Waals surface area contributed by atoms with E-state index >= 15 is 0 Å². The third-order valence-electron chi connectivity index (χ3n) is 4.12. The minimum Gasteiger partial charge on any atom is -0.385 e. The molecule has 1 aliphatic rings.